The fraction of sp³-hybridized carbons (Fsp3) is 0.0769. The minimum Gasteiger partial charge on any atom is -0.266 e. The molecule has 1 aromatic carbocycles. The van der Waals surface area contributed by atoms with E-state index in [0.717, 1.165) is 0 Å². The van der Waals surface area contributed by atoms with E-state index in [-0.39, 0.29) is 11.6 Å². The molecule has 1 amide bonds. The van der Waals surface area contributed by atoms with Gasteiger partial charge >= 0.3 is 0 Å². The van der Waals surface area contributed by atoms with E-state index in [9.17, 15) is 14.9 Å². The summed E-state index contributed by atoms with van der Waals surface area (Å²) in [5, 5.41) is 16.6. The molecule has 1 heterocycles. The van der Waals surface area contributed by atoms with Gasteiger partial charge in [0.25, 0.3) is 11.6 Å². The molecule has 0 bridgehead atoms. The van der Waals surface area contributed by atoms with Gasteiger partial charge in [-0.15, -0.1) is 11.3 Å². The second-order valence-electron chi connectivity index (χ2n) is 3.89. The first-order valence-electron chi connectivity index (χ1n) is 5.71. The monoisotopic (exact) mass is 289 g/mol. The molecule has 102 valence electrons. The van der Waals surface area contributed by atoms with Crippen LogP contribution < -0.4 is 5.43 Å². The van der Waals surface area contributed by atoms with Gasteiger partial charge < -0.3 is 0 Å². The Hall–Kier alpha value is -2.54. The number of nitrogens with zero attached hydrogens (tertiary/aromatic N) is 2. The summed E-state index contributed by atoms with van der Waals surface area (Å²) < 4.78 is 0. The second kappa shape index (κ2) is 6.07. The van der Waals surface area contributed by atoms with Crippen LogP contribution in [0.2, 0.25) is 0 Å². The van der Waals surface area contributed by atoms with Crippen LogP contribution in [0.1, 0.15) is 22.2 Å². The number of hydrazone groups is 1. The molecule has 20 heavy (non-hydrogen) atoms. The van der Waals surface area contributed by atoms with Crippen molar-refractivity contribution < 1.29 is 9.72 Å². The first-order valence-corrected chi connectivity index (χ1v) is 6.59. The fourth-order valence-corrected chi connectivity index (χ4v) is 2.21. The number of carbonyl (C=O) groups is 1. The maximum absolute atomic E-state index is 11.7. The van der Waals surface area contributed by atoms with Crippen molar-refractivity contribution in [1.29, 1.82) is 0 Å². The van der Waals surface area contributed by atoms with E-state index < -0.39 is 4.92 Å². The summed E-state index contributed by atoms with van der Waals surface area (Å²) in [5.41, 5.74) is 3.10. The van der Waals surface area contributed by atoms with Crippen molar-refractivity contribution in [3.05, 3.63) is 62.3 Å². The average Bonchev–Trinajstić information content (AvgIpc) is 2.98. The van der Waals surface area contributed by atoms with Crippen molar-refractivity contribution in [3.8, 4) is 0 Å². The number of carbonyl (C=O) groups excluding carboxylic acids is 1. The van der Waals surface area contributed by atoms with Gasteiger partial charge in [0.1, 0.15) is 0 Å². The van der Waals surface area contributed by atoms with Crippen molar-refractivity contribution in [1.82, 2.24) is 5.43 Å². The van der Waals surface area contributed by atoms with Crippen molar-refractivity contribution in [2.75, 3.05) is 0 Å². The third-order valence-corrected chi connectivity index (χ3v) is 3.43. The van der Waals surface area contributed by atoms with Gasteiger partial charge in [0.05, 0.1) is 21.1 Å². The van der Waals surface area contributed by atoms with E-state index in [1.54, 1.807) is 42.6 Å². The third-order valence-electron chi connectivity index (χ3n) is 2.56. The Labute approximate surface area is 118 Å². The molecule has 2 rings (SSSR count). The van der Waals surface area contributed by atoms with E-state index >= 15 is 0 Å². The van der Waals surface area contributed by atoms with Crippen LogP contribution in [0.15, 0.2) is 46.9 Å². The van der Waals surface area contributed by atoms with Gasteiger partial charge in [-0.2, -0.15) is 5.10 Å². The van der Waals surface area contributed by atoms with Gasteiger partial charge in [0.2, 0.25) is 0 Å². The van der Waals surface area contributed by atoms with Crippen LogP contribution in [-0.2, 0) is 0 Å². The van der Waals surface area contributed by atoms with Crippen LogP contribution in [0.4, 0.5) is 5.69 Å². The molecule has 0 unspecified atom stereocenters. The number of hydrogen-bond donors (Lipinski definition) is 1. The highest BCUT2D eigenvalue weighted by Crippen LogP contribution is 2.18. The predicted molar refractivity (Wildman–Crippen MR) is 77.1 cm³/mol. The van der Waals surface area contributed by atoms with Crippen molar-refractivity contribution in [3.63, 3.8) is 0 Å². The smallest absolute Gasteiger partial charge is 0.266 e. The lowest BCUT2D eigenvalue weighted by Gasteiger charge is -2.03. The highest BCUT2D eigenvalue weighted by atomic mass is 32.1. The minimum atomic E-state index is -0.477. The van der Waals surface area contributed by atoms with Gasteiger partial charge in [0, 0.05) is 6.07 Å². The second-order valence-corrected chi connectivity index (χ2v) is 4.84. The molecule has 0 radical (unpaired) electrons. The lowest BCUT2D eigenvalue weighted by Crippen LogP contribution is -2.18. The number of hydrogen-bond acceptors (Lipinski definition) is 5. The van der Waals surface area contributed by atoms with Crippen molar-refractivity contribution in [2.45, 2.75) is 6.92 Å². The van der Waals surface area contributed by atoms with E-state index in [2.05, 4.69) is 10.5 Å². The SMILES string of the molecule is C/C(=N/NC(=O)c1cccs1)c1ccccc1[N+](=O)[O-]. The number of benzene rings is 1. The van der Waals surface area contributed by atoms with E-state index in [1.165, 1.54) is 17.4 Å². The minimum absolute atomic E-state index is 0.0425. The third kappa shape index (κ3) is 3.07. The lowest BCUT2D eigenvalue weighted by molar-refractivity contribution is -0.385. The summed E-state index contributed by atoms with van der Waals surface area (Å²) in [6, 6.07) is 9.69. The Morgan fingerprint density at radius 1 is 1.30 bits per heavy atom. The van der Waals surface area contributed by atoms with E-state index in [4.69, 9.17) is 0 Å². The number of nitrogens with one attached hydrogen (secondary N) is 1. The Morgan fingerprint density at radius 2 is 2.05 bits per heavy atom. The Kier molecular flexibility index (Phi) is 4.21. The molecule has 0 aliphatic rings. The molecular weight excluding hydrogens is 278 g/mol. The molecular formula is C13H11N3O3S. The standard InChI is InChI=1S/C13H11N3O3S/c1-9(10-5-2-3-6-11(10)16(18)19)14-15-13(17)12-7-4-8-20-12/h2-8H,1H3,(H,15,17)/b14-9-. The summed E-state index contributed by atoms with van der Waals surface area (Å²) in [7, 11) is 0. The molecule has 1 N–H and O–H groups in total. The van der Waals surface area contributed by atoms with Crippen molar-refractivity contribution >= 4 is 28.6 Å². The highest BCUT2D eigenvalue weighted by molar-refractivity contribution is 7.12. The molecule has 0 aliphatic heterocycles. The largest absolute Gasteiger partial charge is 0.281 e. The Morgan fingerprint density at radius 3 is 2.70 bits per heavy atom. The number of thiophene rings is 1. The molecule has 0 saturated heterocycles. The number of nitro benzene ring substituents is 1. The molecule has 2 aromatic rings. The summed E-state index contributed by atoms with van der Waals surface area (Å²) >= 11 is 1.30. The Bertz CT molecular complexity index is 665. The topological polar surface area (TPSA) is 84.6 Å². The first-order chi connectivity index (χ1) is 9.59. The van der Waals surface area contributed by atoms with Crippen LogP contribution in [0.25, 0.3) is 0 Å². The predicted octanol–water partition coefficient (Wildman–Crippen LogP) is 2.81. The van der Waals surface area contributed by atoms with Gasteiger partial charge in [-0.25, -0.2) is 5.43 Å². The van der Waals surface area contributed by atoms with Gasteiger partial charge in [-0.1, -0.05) is 18.2 Å². The number of nitro groups is 1. The molecule has 7 heteroatoms. The maximum Gasteiger partial charge on any atom is 0.281 e. The van der Waals surface area contributed by atoms with E-state index in [1.807, 2.05) is 0 Å². The fourth-order valence-electron chi connectivity index (χ4n) is 1.60. The van der Waals surface area contributed by atoms with Gasteiger partial charge in [-0.3, -0.25) is 14.9 Å². The lowest BCUT2D eigenvalue weighted by atomic mass is 10.1. The zero-order chi connectivity index (χ0) is 14.5. The molecule has 1 aromatic heterocycles. The van der Waals surface area contributed by atoms with Gasteiger partial charge in [0.15, 0.2) is 0 Å². The van der Waals surface area contributed by atoms with E-state index in [0.29, 0.717) is 16.2 Å². The molecule has 0 spiro atoms. The van der Waals surface area contributed by atoms with Crippen molar-refractivity contribution in [2.24, 2.45) is 5.10 Å². The van der Waals surface area contributed by atoms with Gasteiger partial charge in [-0.05, 0) is 24.4 Å². The van der Waals surface area contributed by atoms with Crippen LogP contribution in [0.5, 0.6) is 0 Å². The molecule has 0 aliphatic carbocycles. The molecule has 6 nitrogen and oxygen atoms in total. The van der Waals surface area contributed by atoms with Crippen LogP contribution >= 0.6 is 11.3 Å². The number of para-hydroxylation sites is 1. The quantitative estimate of drug-likeness (QED) is 0.533. The summed E-state index contributed by atoms with van der Waals surface area (Å²) in [5.74, 6) is -0.335. The average molecular weight is 289 g/mol. The Balaban J connectivity index is 2.19. The molecule has 0 atom stereocenters. The summed E-state index contributed by atoms with van der Waals surface area (Å²) in [6.45, 7) is 1.61. The molecule has 0 saturated carbocycles. The normalized spacial score (nSPS) is 11.2. The zero-order valence-electron chi connectivity index (χ0n) is 10.6. The van der Waals surface area contributed by atoms with Crippen LogP contribution in [-0.4, -0.2) is 16.5 Å². The summed E-state index contributed by atoms with van der Waals surface area (Å²) in [4.78, 5) is 22.7. The summed E-state index contributed by atoms with van der Waals surface area (Å²) in [6.07, 6.45) is 0. The number of rotatable bonds is 4. The zero-order valence-corrected chi connectivity index (χ0v) is 11.4. The molecule has 0 fully saturated rings. The number of amides is 1. The highest BCUT2D eigenvalue weighted by Gasteiger charge is 2.15. The maximum atomic E-state index is 11.7. The first kappa shape index (κ1) is 13.9. The van der Waals surface area contributed by atoms with Crippen LogP contribution in [0.3, 0.4) is 0 Å². The van der Waals surface area contributed by atoms with Crippen LogP contribution in [0, 0.1) is 10.1 Å².